The predicted molar refractivity (Wildman–Crippen MR) is 57.0 cm³/mol. The van der Waals surface area contributed by atoms with Gasteiger partial charge < -0.3 is 5.73 Å². The molecule has 0 aliphatic carbocycles. The van der Waals surface area contributed by atoms with E-state index in [9.17, 15) is 0 Å². The molecule has 0 fully saturated rings. The van der Waals surface area contributed by atoms with Gasteiger partial charge in [0.1, 0.15) is 0 Å². The molecule has 0 saturated carbocycles. The first kappa shape index (κ1) is 10.4. The van der Waals surface area contributed by atoms with Crippen molar-refractivity contribution < 1.29 is 0 Å². The van der Waals surface area contributed by atoms with Crippen LogP contribution in [0.1, 0.15) is 5.56 Å². The van der Waals surface area contributed by atoms with Gasteiger partial charge in [-0.25, -0.2) is 0 Å². The van der Waals surface area contributed by atoms with E-state index in [-0.39, 0.29) is 6.04 Å². The molecule has 0 bridgehead atoms. The molecular weight excluding hydrogens is 205 g/mol. The number of hydrogen-bond donors (Lipinski definition) is 1. The first-order valence-electron chi connectivity index (χ1n) is 3.79. The zero-order valence-electron chi connectivity index (χ0n) is 6.93. The van der Waals surface area contributed by atoms with Crippen LogP contribution in [0.5, 0.6) is 0 Å². The summed E-state index contributed by atoms with van der Waals surface area (Å²) in [6, 6.07) is 5.12. The molecule has 0 aliphatic rings. The molecule has 0 spiro atoms. The van der Waals surface area contributed by atoms with E-state index in [2.05, 4.69) is 5.92 Å². The average molecular weight is 214 g/mol. The van der Waals surface area contributed by atoms with Crippen LogP contribution < -0.4 is 5.73 Å². The van der Waals surface area contributed by atoms with Crippen LogP contribution in [0.2, 0.25) is 10.0 Å². The summed E-state index contributed by atoms with van der Waals surface area (Å²) in [5, 5.41) is 1.07. The summed E-state index contributed by atoms with van der Waals surface area (Å²) in [6.07, 6.45) is 5.77. The Labute approximate surface area is 87.8 Å². The van der Waals surface area contributed by atoms with Crippen molar-refractivity contribution in [2.45, 2.75) is 12.5 Å². The van der Waals surface area contributed by atoms with Crippen molar-refractivity contribution in [3.63, 3.8) is 0 Å². The molecule has 3 heteroatoms. The predicted octanol–water partition coefficient (Wildman–Crippen LogP) is 2.50. The van der Waals surface area contributed by atoms with Crippen molar-refractivity contribution in [1.82, 2.24) is 0 Å². The average Bonchev–Trinajstić information content (AvgIpc) is 2.11. The second-order valence-electron chi connectivity index (χ2n) is 2.73. The highest BCUT2D eigenvalue weighted by molar-refractivity contribution is 6.42. The lowest BCUT2D eigenvalue weighted by molar-refractivity contribution is 0.836. The molecule has 0 amide bonds. The van der Waals surface area contributed by atoms with E-state index >= 15 is 0 Å². The second kappa shape index (κ2) is 4.53. The van der Waals surface area contributed by atoms with Gasteiger partial charge in [0.2, 0.25) is 0 Å². The van der Waals surface area contributed by atoms with Gasteiger partial charge in [0.05, 0.1) is 16.1 Å². The van der Waals surface area contributed by atoms with Crippen molar-refractivity contribution >= 4 is 23.2 Å². The standard InChI is InChI=1S/C10H9Cl2N/c1-2-8(13)5-7-3-4-9(11)10(12)6-7/h1,3-4,6,8H,5,13H2. The molecule has 1 atom stereocenters. The molecule has 1 nitrogen and oxygen atoms in total. The largest absolute Gasteiger partial charge is 0.317 e. The summed E-state index contributed by atoms with van der Waals surface area (Å²) in [5.74, 6) is 2.45. The fraction of sp³-hybridized carbons (Fsp3) is 0.200. The normalized spacial score (nSPS) is 12.2. The van der Waals surface area contributed by atoms with Gasteiger partial charge in [-0.3, -0.25) is 0 Å². The summed E-state index contributed by atoms with van der Waals surface area (Å²) in [4.78, 5) is 0. The van der Waals surface area contributed by atoms with Gasteiger partial charge in [0.15, 0.2) is 0 Å². The van der Waals surface area contributed by atoms with E-state index in [1.54, 1.807) is 12.1 Å². The maximum atomic E-state index is 5.82. The van der Waals surface area contributed by atoms with Crippen LogP contribution in [-0.2, 0) is 6.42 Å². The summed E-state index contributed by atoms with van der Waals surface area (Å²) < 4.78 is 0. The number of rotatable bonds is 2. The zero-order chi connectivity index (χ0) is 9.84. The van der Waals surface area contributed by atoms with E-state index in [1.165, 1.54) is 0 Å². The number of terminal acetylenes is 1. The highest BCUT2D eigenvalue weighted by Gasteiger charge is 2.02. The summed E-state index contributed by atoms with van der Waals surface area (Å²) >= 11 is 11.6. The highest BCUT2D eigenvalue weighted by atomic mass is 35.5. The van der Waals surface area contributed by atoms with Crippen LogP contribution in [0.25, 0.3) is 0 Å². The minimum absolute atomic E-state index is 0.266. The molecule has 1 rings (SSSR count). The van der Waals surface area contributed by atoms with Gasteiger partial charge >= 0.3 is 0 Å². The Kier molecular flexibility index (Phi) is 3.62. The van der Waals surface area contributed by atoms with Gasteiger partial charge in [0.25, 0.3) is 0 Å². The molecule has 0 radical (unpaired) electrons. The fourth-order valence-electron chi connectivity index (χ4n) is 0.979. The molecule has 0 aromatic heterocycles. The van der Waals surface area contributed by atoms with Crippen molar-refractivity contribution in [3.8, 4) is 12.3 Å². The van der Waals surface area contributed by atoms with Crippen molar-refractivity contribution in [1.29, 1.82) is 0 Å². The monoisotopic (exact) mass is 213 g/mol. The Morgan fingerprint density at radius 1 is 1.38 bits per heavy atom. The van der Waals surface area contributed by atoms with Crippen molar-refractivity contribution in [2.75, 3.05) is 0 Å². The highest BCUT2D eigenvalue weighted by Crippen LogP contribution is 2.22. The van der Waals surface area contributed by atoms with Crippen molar-refractivity contribution in [2.24, 2.45) is 5.73 Å². The smallest absolute Gasteiger partial charge is 0.0702 e. The topological polar surface area (TPSA) is 26.0 Å². The molecule has 2 N–H and O–H groups in total. The van der Waals surface area contributed by atoms with Gasteiger partial charge in [0, 0.05) is 0 Å². The van der Waals surface area contributed by atoms with Crippen LogP contribution in [0, 0.1) is 12.3 Å². The Hall–Kier alpha value is -0.680. The molecule has 1 aromatic rings. The maximum Gasteiger partial charge on any atom is 0.0702 e. The Bertz CT molecular complexity index is 341. The molecule has 1 aromatic carbocycles. The van der Waals surface area contributed by atoms with Gasteiger partial charge in [-0.15, -0.1) is 6.42 Å². The molecular formula is C10H9Cl2N. The minimum Gasteiger partial charge on any atom is -0.317 e. The van der Waals surface area contributed by atoms with E-state index in [4.69, 9.17) is 35.4 Å². The lowest BCUT2D eigenvalue weighted by Gasteiger charge is -2.05. The molecule has 0 heterocycles. The van der Waals surface area contributed by atoms with Crippen LogP contribution in [0.15, 0.2) is 18.2 Å². The lowest BCUT2D eigenvalue weighted by atomic mass is 10.1. The van der Waals surface area contributed by atoms with Crippen LogP contribution in [-0.4, -0.2) is 6.04 Å². The lowest BCUT2D eigenvalue weighted by Crippen LogP contribution is -2.19. The first-order valence-corrected chi connectivity index (χ1v) is 4.54. The van der Waals surface area contributed by atoms with E-state index < -0.39 is 0 Å². The van der Waals surface area contributed by atoms with Crippen LogP contribution in [0.4, 0.5) is 0 Å². The van der Waals surface area contributed by atoms with E-state index in [1.807, 2.05) is 6.07 Å². The number of halogens is 2. The molecule has 0 saturated heterocycles. The van der Waals surface area contributed by atoms with Crippen LogP contribution in [0.3, 0.4) is 0 Å². The van der Waals surface area contributed by atoms with Gasteiger partial charge in [-0.05, 0) is 24.1 Å². The Balaban J connectivity index is 2.81. The Morgan fingerprint density at radius 3 is 2.62 bits per heavy atom. The summed E-state index contributed by atoms with van der Waals surface area (Å²) in [5.41, 5.74) is 6.58. The number of nitrogens with two attached hydrogens (primary N) is 1. The second-order valence-corrected chi connectivity index (χ2v) is 3.54. The summed E-state index contributed by atoms with van der Waals surface area (Å²) in [7, 11) is 0. The van der Waals surface area contributed by atoms with Crippen molar-refractivity contribution in [3.05, 3.63) is 33.8 Å². The number of benzene rings is 1. The first-order chi connectivity index (χ1) is 6.13. The third kappa shape index (κ3) is 2.93. The Morgan fingerprint density at radius 2 is 2.08 bits per heavy atom. The third-order valence-electron chi connectivity index (χ3n) is 1.65. The molecule has 0 aliphatic heterocycles. The minimum atomic E-state index is -0.266. The molecule has 1 unspecified atom stereocenters. The van der Waals surface area contributed by atoms with Crippen LogP contribution >= 0.6 is 23.2 Å². The van der Waals surface area contributed by atoms with E-state index in [0.29, 0.717) is 16.5 Å². The van der Waals surface area contributed by atoms with E-state index in [0.717, 1.165) is 5.56 Å². The molecule has 68 valence electrons. The fourth-order valence-corrected chi connectivity index (χ4v) is 1.30. The quantitative estimate of drug-likeness (QED) is 0.752. The molecule has 13 heavy (non-hydrogen) atoms. The summed E-state index contributed by atoms with van der Waals surface area (Å²) in [6.45, 7) is 0. The maximum absolute atomic E-state index is 5.82. The van der Waals surface area contributed by atoms with Gasteiger partial charge in [-0.2, -0.15) is 0 Å². The SMILES string of the molecule is C#CC(N)Cc1ccc(Cl)c(Cl)c1. The van der Waals surface area contributed by atoms with Gasteiger partial charge in [-0.1, -0.05) is 35.2 Å². The number of hydrogen-bond acceptors (Lipinski definition) is 1. The third-order valence-corrected chi connectivity index (χ3v) is 2.39. The zero-order valence-corrected chi connectivity index (χ0v) is 8.44.